The number of thiazole rings is 1. The first-order valence-corrected chi connectivity index (χ1v) is 9.39. The van der Waals surface area contributed by atoms with Crippen molar-refractivity contribution in [3.8, 4) is 0 Å². The van der Waals surface area contributed by atoms with Crippen molar-refractivity contribution in [2.24, 2.45) is 0 Å². The zero-order valence-corrected chi connectivity index (χ0v) is 17.0. The Morgan fingerprint density at radius 2 is 1.48 bits per heavy atom. The summed E-state index contributed by atoms with van der Waals surface area (Å²) in [7, 11) is 0. The minimum Gasteiger partial charge on any atom is -0.545 e. The van der Waals surface area contributed by atoms with Crippen LogP contribution >= 0.6 is 11.3 Å². The number of hydrogen-bond acceptors (Lipinski definition) is 8. The quantitative estimate of drug-likeness (QED) is 0.241. The molecule has 0 saturated carbocycles. The maximum atomic E-state index is 9.53. The number of hydrogen-bond donors (Lipinski definition) is 4. The van der Waals surface area contributed by atoms with Gasteiger partial charge in [0, 0.05) is 24.0 Å². The molecule has 0 aliphatic heterocycles. The Bertz CT molecular complexity index is 844. The summed E-state index contributed by atoms with van der Waals surface area (Å²) in [6.45, 7) is 0.911. The molecule has 166 valence electrons. The van der Waals surface area contributed by atoms with Crippen LogP contribution in [-0.4, -0.2) is 45.6 Å². The van der Waals surface area contributed by atoms with Crippen LogP contribution in [0.5, 0.6) is 0 Å². The molecular formula is C19H21N3O8S. The van der Waals surface area contributed by atoms with Crippen LogP contribution in [0, 0.1) is 0 Å². The topological polar surface area (TPSA) is 212 Å². The fourth-order valence-electron chi connectivity index (χ4n) is 1.66. The molecule has 31 heavy (non-hydrogen) atoms. The first-order chi connectivity index (χ1) is 14.6. The van der Waals surface area contributed by atoms with Crippen molar-refractivity contribution in [2.75, 3.05) is 6.54 Å². The Morgan fingerprint density at radius 3 is 1.87 bits per heavy atom. The van der Waals surface area contributed by atoms with Crippen LogP contribution in [0.25, 0.3) is 0 Å². The SMILES string of the molecule is O=C([O-])/C=C\C(=O)O.O=C([O-])/C=C\C(=O)O.[NH3+]CCc1csc([NH2+]c2ccccc2)n1. The molecule has 2 aromatic rings. The summed E-state index contributed by atoms with van der Waals surface area (Å²) in [6, 6.07) is 10.3. The molecule has 1 aromatic carbocycles. The van der Waals surface area contributed by atoms with Crippen LogP contribution in [0.2, 0.25) is 0 Å². The molecule has 0 atom stereocenters. The third kappa shape index (κ3) is 16.8. The molecule has 0 amide bonds. The molecule has 0 spiro atoms. The third-order valence-corrected chi connectivity index (χ3v) is 3.66. The average molecular weight is 451 g/mol. The highest BCUT2D eigenvalue weighted by Gasteiger charge is 2.06. The largest absolute Gasteiger partial charge is 0.545 e. The maximum Gasteiger partial charge on any atom is 0.328 e. The van der Waals surface area contributed by atoms with Crippen molar-refractivity contribution in [1.29, 1.82) is 0 Å². The molecule has 1 heterocycles. The van der Waals surface area contributed by atoms with E-state index in [1.807, 2.05) is 18.2 Å². The van der Waals surface area contributed by atoms with Gasteiger partial charge in [-0.3, -0.25) is 5.32 Å². The van der Waals surface area contributed by atoms with E-state index >= 15 is 0 Å². The molecule has 12 heteroatoms. The summed E-state index contributed by atoms with van der Waals surface area (Å²) in [4.78, 5) is 42.5. The summed E-state index contributed by atoms with van der Waals surface area (Å²) in [5.74, 6) is -5.61. The van der Waals surface area contributed by atoms with E-state index in [-0.39, 0.29) is 0 Å². The lowest BCUT2D eigenvalue weighted by Gasteiger charge is -1.93. The van der Waals surface area contributed by atoms with Gasteiger partial charge in [0.1, 0.15) is 5.69 Å². The zero-order valence-electron chi connectivity index (χ0n) is 16.2. The third-order valence-electron chi connectivity index (χ3n) is 2.82. The predicted octanol–water partition coefficient (Wildman–Crippen LogP) is -2.79. The van der Waals surface area contributed by atoms with Crippen LogP contribution in [0.3, 0.4) is 0 Å². The molecule has 1 aromatic heterocycles. The summed E-state index contributed by atoms with van der Waals surface area (Å²) in [5, 5.41) is 39.7. The number of carboxylic acid groups (broad SMARTS) is 4. The second-order valence-electron chi connectivity index (χ2n) is 5.32. The highest BCUT2D eigenvalue weighted by Crippen LogP contribution is 2.12. The van der Waals surface area contributed by atoms with Gasteiger partial charge in [-0.25, -0.2) is 9.59 Å². The van der Waals surface area contributed by atoms with Gasteiger partial charge in [0.15, 0.2) is 0 Å². The van der Waals surface area contributed by atoms with Crippen LogP contribution in [0.4, 0.5) is 10.8 Å². The van der Waals surface area contributed by atoms with Crippen LogP contribution < -0.4 is 21.3 Å². The van der Waals surface area contributed by atoms with Gasteiger partial charge in [0.2, 0.25) is 0 Å². The number of nitrogens with zero attached hydrogens (tertiary/aromatic N) is 1. The van der Waals surface area contributed by atoms with Crippen LogP contribution in [-0.2, 0) is 25.6 Å². The van der Waals surface area contributed by atoms with Gasteiger partial charge >= 0.3 is 11.9 Å². The van der Waals surface area contributed by atoms with E-state index in [1.165, 1.54) is 5.69 Å². The van der Waals surface area contributed by atoms with Gasteiger partial charge in [-0.05, 0) is 24.3 Å². The zero-order chi connectivity index (χ0) is 23.6. The molecule has 0 saturated heterocycles. The number of carbonyl (C=O) groups excluding carboxylic acids is 2. The Morgan fingerprint density at radius 1 is 0.968 bits per heavy atom. The van der Waals surface area contributed by atoms with Gasteiger partial charge < -0.3 is 35.7 Å². The van der Waals surface area contributed by atoms with Crippen molar-refractivity contribution in [3.05, 3.63) is 65.7 Å². The average Bonchev–Trinajstić information content (AvgIpc) is 3.14. The van der Waals surface area contributed by atoms with E-state index in [9.17, 15) is 29.4 Å². The minimum atomic E-state index is -1.51. The Hall–Kier alpha value is -3.87. The highest BCUT2D eigenvalue weighted by atomic mass is 32.1. The summed E-state index contributed by atoms with van der Waals surface area (Å²) in [5.41, 5.74) is 6.18. The molecule has 0 unspecified atom stereocenters. The first kappa shape index (κ1) is 27.1. The number of quaternary nitrogens is 2. The number of aromatic nitrogens is 1. The number of rotatable bonds is 8. The van der Waals surface area contributed by atoms with Crippen molar-refractivity contribution >= 4 is 46.0 Å². The molecule has 0 aliphatic rings. The lowest BCUT2D eigenvalue weighted by molar-refractivity contribution is -0.478. The number of carboxylic acids is 4. The molecule has 11 nitrogen and oxygen atoms in total. The monoisotopic (exact) mass is 451 g/mol. The summed E-state index contributed by atoms with van der Waals surface area (Å²) in [6.07, 6.45) is 2.86. The lowest BCUT2D eigenvalue weighted by atomic mass is 10.3. The Balaban J connectivity index is 0.000000483. The number of para-hydroxylation sites is 1. The number of aliphatic carboxylic acids is 4. The fraction of sp³-hybridized carbons (Fsp3) is 0.105. The minimum absolute atomic E-state index is 0.447. The van der Waals surface area contributed by atoms with Crippen molar-refractivity contribution < 1.29 is 50.7 Å². The molecule has 0 aliphatic carbocycles. The molecule has 0 fully saturated rings. The van der Waals surface area contributed by atoms with E-state index in [4.69, 9.17) is 10.2 Å². The molecule has 0 bridgehead atoms. The number of benzene rings is 1. The van der Waals surface area contributed by atoms with Crippen molar-refractivity contribution in [2.45, 2.75) is 6.42 Å². The Labute approximate surface area is 180 Å². The standard InChI is InChI=1S/C11H13N3S.2C4H4O4/c12-7-6-10-8-15-11(14-10)13-9-4-2-1-3-5-9;2*5-3(6)1-2-4(7)8/h1-5,8H,6-7,12H2,(H,13,14);2*1-2H,(H,5,6)(H,7,8)/b;2*2-1-. The highest BCUT2D eigenvalue weighted by molar-refractivity contribution is 7.12. The van der Waals surface area contributed by atoms with E-state index in [0.29, 0.717) is 24.3 Å². The molecule has 7 N–H and O–H groups in total. The van der Waals surface area contributed by atoms with Gasteiger partial charge in [0.05, 0.1) is 24.2 Å². The van der Waals surface area contributed by atoms with E-state index in [0.717, 1.165) is 23.8 Å². The van der Waals surface area contributed by atoms with E-state index in [2.05, 4.69) is 33.5 Å². The second kappa shape index (κ2) is 16.0. The number of nitrogens with two attached hydrogens (primary N) is 1. The maximum absolute atomic E-state index is 9.53. The van der Waals surface area contributed by atoms with Gasteiger partial charge in [-0.1, -0.05) is 29.5 Å². The lowest BCUT2D eigenvalue weighted by Crippen LogP contribution is -2.70. The van der Waals surface area contributed by atoms with Gasteiger partial charge in [-0.2, -0.15) is 4.98 Å². The van der Waals surface area contributed by atoms with Crippen LogP contribution in [0.1, 0.15) is 5.69 Å². The van der Waals surface area contributed by atoms with Gasteiger partial charge in [-0.15, -0.1) is 0 Å². The van der Waals surface area contributed by atoms with E-state index < -0.39 is 23.9 Å². The van der Waals surface area contributed by atoms with Crippen molar-refractivity contribution in [3.63, 3.8) is 0 Å². The molecular weight excluding hydrogens is 430 g/mol. The second-order valence-corrected chi connectivity index (χ2v) is 6.21. The van der Waals surface area contributed by atoms with E-state index in [1.54, 1.807) is 11.3 Å². The molecule has 2 rings (SSSR count). The summed E-state index contributed by atoms with van der Waals surface area (Å²) < 4.78 is 0. The van der Waals surface area contributed by atoms with Gasteiger partial charge in [0.25, 0.3) is 5.13 Å². The number of carbonyl (C=O) groups is 4. The normalized spacial score (nSPS) is 9.97. The smallest absolute Gasteiger partial charge is 0.328 e. The fourth-order valence-corrected chi connectivity index (χ4v) is 2.46. The van der Waals surface area contributed by atoms with Crippen molar-refractivity contribution in [1.82, 2.24) is 4.98 Å². The molecule has 0 radical (unpaired) electrons. The predicted molar refractivity (Wildman–Crippen MR) is 105 cm³/mol. The van der Waals surface area contributed by atoms with Crippen LogP contribution in [0.15, 0.2) is 60.0 Å². The first-order valence-electron chi connectivity index (χ1n) is 8.51. The summed E-state index contributed by atoms with van der Waals surface area (Å²) >= 11 is 1.69. The Kier molecular flexibility index (Phi) is 14.0.